The summed E-state index contributed by atoms with van der Waals surface area (Å²) in [5, 5.41) is 10.8. The topological polar surface area (TPSA) is 140 Å². The third-order valence-electron chi connectivity index (χ3n) is 5.45. The maximum Gasteiger partial charge on any atom is 0.490 e. The van der Waals surface area contributed by atoms with Gasteiger partial charge in [-0.2, -0.15) is 13.2 Å². The Morgan fingerprint density at radius 2 is 2.00 bits per heavy atom. The van der Waals surface area contributed by atoms with E-state index in [1.165, 1.54) is 4.90 Å². The Morgan fingerprint density at radius 1 is 1.33 bits per heavy atom. The summed E-state index contributed by atoms with van der Waals surface area (Å²) in [6.45, 7) is 2.30. The third-order valence-corrected chi connectivity index (χ3v) is 8.06. The number of carbonyl (C=O) groups is 2. The summed E-state index contributed by atoms with van der Waals surface area (Å²) < 4.78 is 66.8. The predicted molar refractivity (Wildman–Crippen MR) is 105 cm³/mol. The summed E-state index contributed by atoms with van der Waals surface area (Å²) >= 11 is 0. The largest absolute Gasteiger partial charge is 0.490 e. The zero-order valence-corrected chi connectivity index (χ0v) is 18.1. The lowest BCUT2D eigenvalue weighted by Crippen LogP contribution is -2.68. The van der Waals surface area contributed by atoms with Crippen molar-refractivity contribution in [2.45, 2.75) is 24.3 Å². The molecule has 2 aromatic rings. The molecule has 2 aliphatic heterocycles. The Labute approximate surface area is 186 Å². The highest BCUT2D eigenvalue weighted by Crippen LogP contribution is 2.45. The molecule has 10 nitrogen and oxygen atoms in total. The van der Waals surface area contributed by atoms with Gasteiger partial charge in [0.2, 0.25) is 11.6 Å². The number of pyridine rings is 1. The zero-order valence-electron chi connectivity index (χ0n) is 17.3. The molecule has 1 N–H and O–H groups in total. The molecule has 2 saturated heterocycles. The van der Waals surface area contributed by atoms with E-state index in [0.717, 1.165) is 0 Å². The van der Waals surface area contributed by atoms with Gasteiger partial charge in [0, 0.05) is 37.3 Å². The Balaban J connectivity index is 0.000000383. The van der Waals surface area contributed by atoms with Crippen LogP contribution in [0.4, 0.5) is 13.2 Å². The maximum atomic E-state index is 12.7. The minimum absolute atomic E-state index is 0.118. The van der Waals surface area contributed by atoms with Gasteiger partial charge in [-0.1, -0.05) is 11.2 Å². The summed E-state index contributed by atoms with van der Waals surface area (Å²) in [5.41, 5.74) is 0.610. The number of carboxylic acids is 1. The number of hydrogen-bond donors (Lipinski definition) is 1. The van der Waals surface area contributed by atoms with E-state index in [1.54, 1.807) is 31.3 Å². The molecule has 0 aliphatic carbocycles. The second-order valence-corrected chi connectivity index (χ2v) is 10.1. The molecule has 0 saturated carbocycles. The number of ether oxygens (including phenoxy) is 1. The molecule has 1 spiro atoms. The van der Waals surface area contributed by atoms with Gasteiger partial charge in [0.15, 0.2) is 9.84 Å². The van der Waals surface area contributed by atoms with E-state index in [9.17, 15) is 26.4 Å². The molecule has 180 valence electrons. The number of alkyl halides is 3. The van der Waals surface area contributed by atoms with Crippen molar-refractivity contribution in [3.63, 3.8) is 0 Å². The quantitative estimate of drug-likeness (QED) is 0.677. The van der Waals surface area contributed by atoms with Crippen molar-refractivity contribution in [2.24, 2.45) is 5.92 Å². The summed E-state index contributed by atoms with van der Waals surface area (Å²) in [6, 6.07) is 6.89. The first-order valence-corrected chi connectivity index (χ1v) is 11.3. The first kappa shape index (κ1) is 24.5. The van der Waals surface area contributed by atoms with Gasteiger partial charge in [-0.05, 0) is 19.4 Å². The second-order valence-electron chi connectivity index (χ2n) is 7.64. The fourth-order valence-electron chi connectivity index (χ4n) is 3.69. The van der Waals surface area contributed by atoms with E-state index in [4.69, 9.17) is 19.2 Å². The van der Waals surface area contributed by atoms with Crippen LogP contribution in [0.3, 0.4) is 0 Å². The average molecular weight is 491 g/mol. The van der Waals surface area contributed by atoms with Gasteiger partial charge in [0.1, 0.15) is 4.75 Å². The van der Waals surface area contributed by atoms with E-state index < -0.39 is 26.7 Å². The lowest BCUT2D eigenvalue weighted by molar-refractivity contribution is -0.192. The normalized spacial score (nSPS) is 20.5. The van der Waals surface area contributed by atoms with Crippen molar-refractivity contribution >= 4 is 21.7 Å². The SMILES string of the molecule is Cc1cc(C(=O)N2CC3(C2)C(COc2ccccn2)CCS3(=O)=O)on1.O=C(O)C(F)(F)F. The van der Waals surface area contributed by atoms with Gasteiger partial charge in [-0.25, -0.2) is 18.2 Å². The van der Waals surface area contributed by atoms with Gasteiger partial charge < -0.3 is 19.3 Å². The number of rotatable bonds is 4. The molecule has 0 aromatic carbocycles. The Morgan fingerprint density at radius 3 is 2.52 bits per heavy atom. The number of aryl methyl sites for hydroxylation is 1. The number of aromatic nitrogens is 2. The molecule has 14 heteroatoms. The highest BCUT2D eigenvalue weighted by molar-refractivity contribution is 7.93. The average Bonchev–Trinajstić information content (AvgIpc) is 3.25. The van der Waals surface area contributed by atoms with Crippen molar-refractivity contribution in [3.8, 4) is 5.88 Å². The van der Waals surface area contributed by atoms with Crippen LogP contribution >= 0.6 is 0 Å². The van der Waals surface area contributed by atoms with Gasteiger partial charge in [-0.15, -0.1) is 0 Å². The molecule has 0 radical (unpaired) electrons. The van der Waals surface area contributed by atoms with Crippen molar-refractivity contribution in [1.82, 2.24) is 15.0 Å². The van der Waals surface area contributed by atoms with Crippen LogP contribution in [-0.4, -0.2) is 76.8 Å². The maximum absolute atomic E-state index is 12.7. The number of likely N-dealkylation sites (tertiary alicyclic amines) is 1. The van der Waals surface area contributed by atoms with Crippen molar-refractivity contribution in [3.05, 3.63) is 41.9 Å². The summed E-state index contributed by atoms with van der Waals surface area (Å²) in [4.78, 5) is 26.9. The molecule has 1 unspecified atom stereocenters. The minimum atomic E-state index is -5.08. The predicted octanol–water partition coefficient (Wildman–Crippen LogP) is 1.72. The van der Waals surface area contributed by atoms with Crippen LogP contribution in [0.25, 0.3) is 0 Å². The van der Waals surface area contributed by atoms with E-state index in [1.807, 2.05) is 6.07 Å². The van der Waals surface area contributed by atoms with Crippen LogP contribution in [0.15, 0.2) is 35.0 Å². The van der Waals surface area contributed by atoms with Crippen LogP contribution < -0.4 is 4.74 Å². The van der Waals surface area contributed by atoms with Gasteiger partial charge in [0.05, 0.1) is 18.1 Å². The summed E-state index contributed by atoms with van der Waals surface area (Å²) in [5.74, 6) is -2.54. The monoisotopic (exact) mass is 491 g/mol. The number of halogens is 3. The standard InChI is InChI=1S/C17H19N3O5S.C2HF3O2/c1-12-8-14(25-19-12)16(21)20-10-17(11-20)13(5-7-26(17,22)23)9-24-15-4-2-3-6-18-15;3-2(4,5)1(6)7/h2-4,6,8,13H,5,7,9-11H2,1H3;(H,6,7). The molecule has 33 heavy (non-hydrogen) atoms. The molecule has 2 fully saturated rings. The lowest BCUT2D eigenvalue weighted by Gasteiger charge is -2.49. The van der Waals surface area contributed by atoms with Crippen LogP contribution in [-0.2, 0) is 14.6 Å². The number of sulfone groups is 1. The molecule has 2 aliphatic rings. The molecular formula is C19H20F3N3O7S. The highest BCUT2D eigenvalue weighted by atomic mass is 32.2. The lowest BCUT2D eigenvalue weighted by atomic mass is 9.83. The fraction of sp³-hybridized carbons (Fsp3) is 0.474. The van der Waals surface area contributed by atoms with E-state index >= 15 is 0 Å². The van der Waals surface area contributed by atoms with Gasteiger partial charge in [0.25, 0.3) is 5.91 Å². The van der Waals surface area contributed by atoms with Crippen molar-refractivity contribution in [2.75, 3.05) is 25.4 Å². The number of carbonyl (C=O) groups excluding carboxylic acids is 1. The summed E-state index contributed by atoms with van der Waals surface area (Å²) in [6.07, 6.45) is -2.93. The van der Waals surface area contributed by atoms with Crippen molar-refractivity contribution < 1.29 is 45.5 Å². The van der Waals surface area contributed by atoms with Gasteiger partial charge in [-0.3, -0.25) is 4.79 Å². The number of amides is 1. The number of aliphatic carboxylic acids is 1. The molecule has 0 bridgehead atoms. The van der Waals surface area contributed by atoms with Crippen LogP contribution in [0.2, 0.25) is 0 Å². The minimum Gasteiger partial charge on any atom is -0.477 e. The van der Waals surface area contributed by atoms with E-state index in [2.05, 4.69) is 10.1 Å². The first-order chi connectivity index (χ1) is 15.4. The highest BCUT2D eigenvalue weighted by Gasteiger charge is 2.63. The smallest absolute Gasteiger partial charge is 0.477 e. The Kier molecular flexibility index (Phi) is 6.68. The summed E-state index contributed by atoms with van der Waals surface area (Å²) in [7, 11) is -3.29. The van der Waals surface area contributed by atoms with Crippen molar-refractivity contribution in [1.29, 1.82) is 0 Å². The number of carboxylic acid groups (broad SMARTS) is 1. The van der Waals surface area contributed by atoms with E-state index in [0.29, 0.717) is 18.0 Å². The number of hydrogen-bond acceptors (Lipinski definition) is 8. The first-order valence-electron chi connectivity index (χ1n) is 9.64. The Bertz CT molecular complexity index is 1110. The van der Waals surface area contributed by atoms with Crippen LogP contribution in [0, 0.1) is 12.8 Å². The van der Waals surface area contributed by atoms with Crippen LogP contribution in [0.1, 0.15) is 22.7 Å². The molecule has 4 heterocycles. The molecule has 2 aromatic heterocycles. The second kappa shape index (κ2) is 9.00. The zero-order chi connectivity index (χ0) is 24.4. The Hall–Kier alpha value is -3.16. The van der Waals surface area contributed by atoms with Gasteiger partial charge >= 0.3 is 12.1 Å². The fourth-order valence-corrected chi connectivity index (χ4v) is 6.09. The number of nitrogens with zero attached hydrogens (tertiary/aromatic N) is 3. The molecule has 4 rings (SSSR count). The molecule has 1 atom stereocenters. The van der Waals surface area contributed by atoms with E-state index in [-0.39, 0.29) is 43.0 Å². The molecule has 1 amide bonds. The molecular weight excluding hydrogens is 471 g/mol. The third kappa shape index (κ3) is 5.10. The van der Waals surface area contributed by atoms with Crippen LogP contribution in [0.5, 0.6) is 5.88 Å².